The first-order valence-corrected chi connectivity index (χ1v) is 29.1. The number of allylic oxidation sites excluding steroid dienone is 9. The molecule has 0 rings (SSSR count). The molecule has 0 aliphatic carbocycles. The molecule has 4 N–H and O–H groups in total. The van der Waals surface area contributed by atoms with Gasteiger partial charge in [-0.05, 0) is 77.0 Å². The predicted molar refractivity (Wildman–Crippen MR) is 291 cm³/mol. The zero-order valence-electron chi connectivity index (χ0n) is 44.1. The topological polar surface area (TPSA) is 89.8 Å². The van der Waals surface area contributed by atoms with Crippen LogP contribution >= 0.6 is 0 Å². The summed E-state index contributed by atoms with van der Waals surface area (Å²) in [4.78, 5) is 12.5. The molecule has 0 spiro atoms. The minimum atomic E-state index is -0.962. The average molecular weight is 925 g/mol. The van der Waals surface area contributed by atoms with Gasteiger partial charge in [-0.1, -0.05) is 274 Å². The van der Waals surface area contributed by atoms with Gasteiger partial charge < -0.3 is 20.6 Å². The van der Waals surface area contributed by atoms with Crippen LogP contribution < -0.4 is 5.32 Å². The van der Waals surface area contributed by atoms with Crippen LogP contribution in [0, 0.1) is 0 Å². The van der Waals surface area contributed by atoms with Crippen LogP contribution in [-0.4, -0.2) is 46.1 Å². The van der Waals surface area contributed by atoms with Gasteiger partial charge >= 0.3 is 0 Å². The van der Waals surface area contributed by atoms with Crippen LogP contribution in [0.15, 0.2) is 60.8 Å². The number of hydrogen-bond acceptors (Lipinski definition) is 4. The standard InChI is InChI=1S/C61H113NO4/c1-3-5-7-9-11-13-15-17-19-21-23-25-26-27-28-29-30-31-32-33-34-35-36-38-40-42-44-46-48-50-52-54-58(64)56-61(66)62-59(57-63)60(65)55-53-51-49-47-45-43-41-39-37-24-22-20-18-16-14-12-10-8-6-4-2/h23,25,27-28,37,39,45,47,53,55,58-60,63-65H,3-22,24,26,29-36,38,40-44,46,48-52,54,56-57H2,1-2H3,(H,62,66)/b25-23-,28-27-,39-37+,47-45+,55-53+. The fourth-order valence-corrected chi connectivity index (χ4v) is 8.82. The minimum absolute atomic E-state index is 0.00157. The summed E-state index contributed by atoms with van der Waals surface area (Å²) in [5.41, 5.74) is 0. The first-order valence-electron chi connectivity index (χ1n) is 29.1. The maximum atomic E-state index is 12.5. The van der Waals surface area contributed by atoms with Crippen molar-refractivity contribution >= 4 is 5.91 Å². The zero-order chi connectivity index (χ0) is 47.9. The van der Waals surface area contributed by atoms with Gasteiger partial charge in [-0.3, -0.25) is 4.79 Å². The molecule has 0 fully saturated rings. The van der Waals surface area contributed by atoms with Gasteiger partial charge in [-0.15, -0.1) is 0 Å². The van der Waals surface area contributed by atoms with E-state index in [4.69, 9.17) is 0 Å². The monoisotopic (exact) mass is 924 g/mol. The molecule has 3 atom stereocenters. The molecule has 0 aromatic heterocycles. The summed E-state index contributed by atoms with van der Waals surface area (Å²) in [7, 11) is 0. The van der Waals surface area contributed by atoms with Gasteiger partial charge in [0.25, 0.3) is 0 Å². The lowest BCUT2D eigenvalue weighted by molar-refractivity contribution is -0.124. The highest BCUT2D eigenvalue weighted by Gasteiger charge is 2.20. The third-order valence-corrected chi connectivity index (χ3v) is 13.3. The quantitative estimate of drug-likeness (QED) is 0.0361. The molecule has 5 nitrogen and oxygen atoms in total. The third-order valence-electron chi connectivity index (χ3n) is 13.3. The Morgan fingerprint density at radius 2 is 0.697 bits per heavy atom. The van der Waals surface area contributed by atoms with Crippen molar-refractivity contribution in [3.63, 3.8) is 0 Å². The largest absolute Gasteiger partial charge is 0.394 e. The predicted octanol–water partition coefficient (Wildman–Crippen LogP) is 18.2. The lowest BCUT2D eigenvalue weighted by Gasteiger charge is -2.21. The van der Waals surface area contributed by atoms with Crippen molar-refractivity contribution < 1.29 is 20.1 Å². The number of carbonyl (C=O) groups is 1. The molecule has 0 bridgehead atoms. The number of rotatable bonds is 53. The lowest BCUT2D eigenvalue weighted by Crippen LogP contribution is -2.45. The summed E-state index contributed by atoms with van der Waals surface area (Å²) in [5.74, 6) is -0.328. The van der Waals surface area contributed by atoms with Gasteiger partial charge in [0.15, 0.2) is 0 Å². The molecule has 0 saturated heterocycles. The summed E-state index contributed by atoms with van der Waals surface area (Å²) < 4.78 is 0. The highest BCUT2D eigenvalue weighted by Crippen LogP contribution is 2.16. The van der Waals surface area contributed by atoms with Crippen molar-refractivity contribution in [2.75, 3.05) is 6.61 Å². The van der Waals surface area contributed by atoms with Crippen LogP contribution in [0.2, 0.25) is 0 Å². The van der Waals surface area contributed by atoms with Crippen LogP contribution in [0.3, 0.4) is 0 Å². The van der Waals surface area contributed by atoms with Gasteiger partial charge in [-0.2, -0.15) is 0 Å². The van der Waals surface area contributed by atoms with E-state index >= 15 is 0 Å². The van der Waals surface area contributed by atoms with Crippen LogP contribution in [0.1, 0.15) is 296 Å². The smallest absolute Gasteiger partial charge is 0.222 e. The van der Waals surface area contributed by atoms with E-state index < -0.39 is 18.2 Å². The van der Waals surface area contributed by atoms with Gasteiger partial charge in [0.05, 0.1) is 31.3 Å². The van der Waals surface area contributed by atoms with Gasteiger partial charge in [0.1, 0.15) is 0 Å². The van der Waals surface area contributed by atoms with E-state index in [0.717, 1.165) is 44.9 Å². The summed E-state index contributed by atoms with van der Waals surface area (Å²) in [6, 6.07) is -0.770. The number of carbonyl (C=O) groups excluding carboxylic acids is 1. The van der Waals surface area contributed by atoms with Gasteiger partial charge in [0, 0.05) is 0 Å². The number of amides is 1. The average Bonchev–Trinajstić information content (AvgIpc) is 3.31. The maximum Gasteiger partial charge on any atom is 0.222 e. The highest BCUT2D eigenvalue weighted by molar-refractivity contribution is 5.76. The molecule has 66 heavy (non-hydrogen) atoms. The van der Waals surface area contributed by atoms with Crippen LogP contribution in [0.4, 0.5) is 0 Å². The summed E-state index contributed by atoms with van der Waals surface area (Å²) >= 11 is 0. The molecule has 3 unspecified atom stereocenters. The number of unbranched alkanes of at least 4 members (excludes halogenated alkanes) is 36. The summed E-state index contributed by atoms with van der Waals surface area (Å²) in [6.45, 7) is 4.22. The van der Waals surface area contributed by atoms with Crippen molar-refractivity contribution in [2.24, 2.45) is 0 Å². The van der Waals surface area contributed by atoms with Crippen molar-refractivity contribution in [3.8, 4) is 0 Å². The number of aliphatic hydroxyl groups is 3. The van der Waals surface area contributed by atoms with Crippen molar-refractivity contribution in [2.45, 2.75) is 315 Å². The van der Waals surface area contributed by atoms with E-state index in [2.05, 4.69) is 67.8 Å². The van der Waals surface area contributed by atoms with E-state index in [1.807, 2.05) is 6.08 Å². The molecule has 386 valence electrons. The fraction of sp³-hybridized carbons (Fsp3) is 0.820. The molecule has 5 heteroatoms. The van der Waals surface area contributed by atoms with Crippen LogP contribution in [0.25, 0.3) is 0 Å². The van der Waals surface area contributed by atoms with Crippen LogP contribution in [0.5, 0.6) is 0 Å². The molecule has 0 radical (unpaired) electrons. The molecule has 0 heterocycles. The first-order chi connectivity index (χ1) is 32.5. The van der Waals surface area contributed by atoms with Gasteiger partial charge in [-0.25, -0.2) is 0 Å². The normalized spacial score (nSPS) is 13.7. The van der Waals surface area contributed by atoms with E-state index in [9.17, 15) is 20.1 Å². The van der Waals surface area contributed by atoms with Crippen molar-refractivity contribution in [1.82, 2.24) is 5.32 Å². The van der Waals surface area contributed by atoms with Crippen molar-refractivity contribution in [3.05, 3.63) is 60.8 Å². The number of nitrogens with one attached hydrogen (secondary N) is 1. The Bertz CT molecular complexity index is 1110. The van der Waals surface area contributed by atoms with E-state index in [1.165, 1.54) is 225 Å². The number of hydrogen-bond donors (Lipinski definition) is 4. The second-order valence-corrected chi connectivity index (χ2v) is 19.9. The molecule has 1 amide bonds. The zero-order valence-corrected chi connectivity index (χ0v) is 44.1. The molecule has 0 saturated carbocycles. The van der Waals surface area contributed by atoms with E-state index in [0.29, 0.717) is 6.42 Å². The molecule has 0 aliphatic heterocycles. The molecule has 0 aliphatic rings. The van der Waals surface area contributed by atoms with Gasteiger partial charge in [0.2, 0.25) is 5.91 Å². The summed E-state index contributed by atoms with van der Waals surface area (Å²) in [5, 5.41) is 33.4. The van der Waals surface area contributed by atoms with Crippen molar-refractivity contribution in [1.29, 1.82) is 0 Å². The third kappa shape index (κ3) is 51.4. The minimum Gasteiger partial charge on any atom is -0.394 e. The second-order valence-electron chi connectivity index (χ2n) is 19.9. The Kier molecular flexibility index (Phi) is 54.0. The first kappa shape index (κ1) is 64.0. The number of aliphatic hydroxyl groups excluding tert-OH is 3. The van der Waals surface area contributed by atoms with E-state index in [1.54, 1.807) is 6.08 Å². The Morgan fingerprint density at radius 1 is 0.394 bits per heavy atom. The Labute approximate surface area is 411 Å². The van der Waals surface area contributed by atoms with Crippen LogP contribution in [-0.2, 0) is 4.79 Å². The Morgan fingerprint density at radius 3 is 1.06 bits per heavy atom. The SMILES string of the molecule is CCCCCCCCCCC/C=C\C/C=C\CCCCCCCCCCCCCCCCCC(O)CC(=O)NC(CO)C(O)/C=C/CC/C=C/CC/C=C/CCCCCCCCCCCC. The molecule has 0 aromatic carbocycles. The van der Waals surface area contributed by atoms with E-state index in [-0.39, 0.29) is 18.9 Å². The molecule has 0 aromatic rings. The lowest BCUT2D eigenvalue weighted by atomic mass is 10.0. The summed E-state index contributed by atoms with van der Waals surface area (Å²) in [6.07, 6.45) is 75.6. The maximum absolute atomic E-state index is 12.5. The fourth-order valence-electron chi connectivity index (χ4n) is 8.82. The second kappa shape index (κ2) is 55.6. The Hall–Kier alpha value is -1.95. The molecular weight excluding hydrogens is 811 g/mol. The Balaban J connectivity index is 3.60. The molecular formula is C61H113NO4. The highest BCUT2D eigenvalue weighted by atomic mass is 16.3.